The van der Waals surface area contributed by atoms with Gasteiger partial charge in [-0.3, -0.25) is 9.59 Å². The molecule has 11 heteroatoms. The topological polar surface area (TPSA) is 163 Å². The minimum Gasteiger partial charge on any atom is -0.480 e. The summed E-state index contributed by atoms with van der Waals surface area (Å²) in [6.07, 6.45) is 1.23. The number of nitrogens with zero attached hydrogens (tertiary/aromatic N) is 3. The van der Waals surface area contributed by atoms with Gasteiger partial charge in [-0.2, -0.15) is 0 Å². The van der Waals surface area contributed by atoms with Crippen molar-refractivity contribution in [3.8, 4) is 0 Å². The number of nitrogens with two attached hydrogens (primary N) is 1. The van der Waals surface area contributed by atoms with E-state index in [1.165, 1.54) is 13.3 Å². The van der Waals surface area contributed by atoms with Gasteiger partial charge >= 0.3 is 5.97 Å². The molecule has 1 rings (SSSR count). The molecule has 1 unspecified atom stereocenters. The lowest BCUT2D eigenvalue weighted by atomic mass is 10.3. The molecule has 0 aromatic carbocycles. The van der Waals surface area contributed by atoms with E-state index in [0.29, 0.717) is 0 Å². The number of hydrogen-bond donors (Lipinski definition) is 4. The maximum absolute atomic E-state index is 11.0. The first kappa shape index (κ1) is 15.6. The van der Waals surface area contributed by atoms with E-state index >= 15 is 0 Å². The summed E-state index contributed by atoms with van der Waals surface area (Å²) in [4.78, 5) is 38.8. The van der Waals surface area contributed by atoms with Crippen molar-refractivity contribution in [2.24, 2.45) is 15.4 Å². The fraction of sp³-hybridized carbons (Fsp3) is 0.333. The minimum atomic E-state index is -1.18. The van der Waals surface area contributed by atoms with Crippen LogP contribution in [0.3, 0.4) is 0 Å². The lowest BCUT2D eigenvalue weighted by Gasteiger charge is -2.09. The van der Waals surface area contributed by atoms with E-state index in [0.717, 1.165) is 11.9 Å². The largest absolute Gasteiger partial charge is 0.480 e. The van der Waals surface area contributed by atoms with Gasteiger partial charge in [0.25, 0.3) is 5.91 Å². The van der Waals surface area contributed by atoms with E-state index < -0.39 is 23.8 Å². The summed E-state index contributed by atoms with van der Waals surface area (Å²) < 4.78 is 3.62. The Bertz CT molecular complexity index is 542. The number of amides is 2. The van der Waals surface area contributed by atoms with Crippen LogP contribution in [0.1, 0.15) is 17.4 Å². The number of aliphatic carboxylic acids is 1. The fourth-order valence-corrected chi connectivity index (χ4v) is 1.72. The first-order chi connectivity index (χ1) is 9.41. The normalized spacial score (nSPS) is 12.2. The van der Waals surface area contributed by atoms with Crippen molar-refractivity contribution in [2.45, 2.75) is 13.0 Å². The maximum atomic E-state index is 11.0. The Hall–Kier alpha value is -2.43. The van der Waals surface area contributed by atoms with Crippen LogP contribution in [0.15, 0.2) is 16.0 Å². The van der Waals surface area contributed by atoms with Crippen LogP contribution in [0.5, 0.6) is 0 Å². The van der Waals surface area contributed by atoms with E-state index in [-0.39, 0.29) is 17.3 Å². The summed E-state index contributed by atoms with van der Waals surface area (Å²) >= 11 is 0.807. The Balaban J connectivity index is 2.55. The van der Waals surface area contributed by atoms with Crippen molar-refractivity contribution in [3.63, 3.8) is 0 Å². The summed E-state index contributed by atoms with van der Waals surface area (Å²) in [6, 6.07) is -1.08. The van der Waals surface area contributed by atoms with E-state index in [2.05, 4.69) is 24.9 Å². The van der Waals surface area contributed by atoms with Crippen LogP contribution in [0.4, 0.5) is 5.82 Å². The van der Waals surface area contributed by atoms with Crippen LogP contribution >= 0.6 is 11.9 Å². The number of primary amides is 1. The zero-order valence-corrected chi connectivity index (χ0v) is 11.2. The molecule has 0 aliphatic rings. The molecule has 0 radical (unpaired) electrons. The molecule has 2 amide bonds. The second-order valence-electron chi connectivity index (χ2n) is 3.53. The number of hydrogen-bond acceptors (Lipinski definition) is 7. The minimum absolute atomic E-state index is 0.00555. The summed E-state index contributed by atoms with van der Waals surface area (Å²) in [5.41, 5.74) is 5.07. The number of carbonyl (C=O) groups is 3. The quantitative estimate of drug-likeness (QED) is 0.403. The van der Waals surface area contributed by atoms with Crippen LogP contribution < -0.4 is 11.1 Å². The lowest BCUT2D eigenvalue weighted by molar-refractivity contribution is -0.140. The number of carbonyl (C=O) groups excluding carboxylic acids is 2. The first-order valence-corrected chi connectivity index (χ1v) is 6.22. The Morgan fingerprint density at radius 1 is 1.60 bits per heavy atom. The summed E-state index contributed by atoms with van der Waals surface area (Å²) in [6.45, 7) is 1.21. The maximum Gasteiger partial charge on any atom is 0.327 e. The lowest BCUT2D eigenvalue weighted by Crippen LogP contribution is -2.41. The highest BCUT2D eigenvalue weighted by molar-refractivity contribution is 7.97. The molecule has 0 aliphatic carbocycles. The number of carboxylic acids is 1. The van der Waals surface area contributed by atoms with Crippen molar-refractivity contribution in [1.82, 2.24) is 15.3 Å². The van der Waals surface area contributed by atoms with Gasteiger partial charge < -0.3 is 21.1 Å². The van der Waals surface area contributed by atoms with Gasteiger partial charge in [-0.1, -0.05) is 0 Å². The summed E-state index contributed by atoms with van der Waals surface area (Å²) in [7, 11) is 0. The van der Waals surface area contributed by atoms with Gasteiger partial charge in [-0.25, -0.2) is 9.78 Å². The average Bonchev–Trinajstić information content (AvgIpc) is 2.80. The molecule has 1 heterocycles. The molecule has 1 aromatic rings. The fourth-order valence-electron chi connectivity index (χ4n) is 1.14. The molecular formula is C9H12N6O4S. The Morgan fingerprint density at radius 2 is 2.30 bits per heavy atom. The summed E-state index contributed by atoms with van der Waals surface area (Å²) in [5.74, 6) is -2.38. The van der Waals surface area contributed by atoms with Crippen molar-refractivity contribution >= 4 is 35.5 Å². The predicted octanol–water partition coefficient (Wildman–Crippen LogP) is -0.170. The third-order valence-electron chi connectivity index (χ3n) is 1.98. The van der Waals surface area contributed by atoms with Gasteiger partial charge in [0, 0.05) is 24.6 Å². The Morgan fingerprint density at radius 3 is 2.85 bits per heavy atom. The van der Waals surface area contributed by atoms with Gasteiger partial charge in [-0.05, 0) is 0 Å². The van der Waals surface area contributed by atoms with Gasteiger partial charge in [0.1, 0.15) is 6.04 Å². The number of imidazole rings is 1. The Kier molecular flexibility index (Phi) is 5.65. The molecular weight excluding hydrogens is 288 g/mol. The van der Waals surface area contributed by atoms with Gasteiger partial charge in [-0.15, -0.1) is 9.63 Å². The molecule has 0 bridgehead atoms. The third-order valence-corrected chi connectivity index (χ3v) is 2.66. The standard InChI is InChI=1S/C9H12N6O4S/c1-4(16)13-5(9(18)19)2-20-15-14-8-6(7(10)17)11-3-12-8/h3,5H,2H2,1H3,(H2,10,17)(H,11,12)(H,13,16)(H,18,19). The summed E-state index contributed by atoms with van der Waals surface area (Å²) in [5, 5.41) is 14.7. The van der Waals surface area contributed by atoms with Gasteiger partial charge in [0.15, 0.2) is 5.69 Å². The number of aromatic nitrogens is 2. The molecule has 10 nitrogen and oxygen atoms in total. The number of H-pyrrole nitrogens is 1. The van der Waals surface area contributed by atoms with Crippen LogP contribution in [-0.4, -0.2) is 44.7 Å². The molecule has 0 spiro atoms. The highest BCUT2D eigenvalue weighted by atomic mass is 32.2. The zero-order chi connectivity index (χ0) is 15.1. The molecule has 5 N–H and O–H groups in total. The molecule has 1 atom stereocenters. The molecule has 20 heavy (non-hydrogen) atoms. The van der Waals surface area contributed by atoms with Crippen molar-refractivity contribution < 1.29 is 19.5 Å². The van der Waals surface area contributed by atoms with Crippen molar-refractivity contribution in [1.29, 1.82) is 0 Å². The second-order valence-corrected chi connectivity index (χ2v) is 4.29. The Labute approximate surface area is 117 Å². The second kappa shape index (κ2) is 7.23. The van der Waals surface area contributed by atoms with Crippen molar-refractivity contribution in [3.05, 3.63) is 12.0 Å². The van der Waals surface area contributed by atoms with Crippen LogP contribution in [0.2, 0.25) is 0 Å². The predicted molar refractivity (Wildman–Crippen MR) is 69.3 cm³/mol. The van der Waals surface area contributed by atoms with E-state index in [1.807, 2.05) is 0 Å². The highest BCUT2D eigenvalue weighted by Crippen LogP contribution is 2.16. The molecule has 0 saturated heterocycles. The van der Waals surface area contributed by atoms with Crippen LogP contribution in [0.25, 0.3) is 0 Å². The van der Waals surface area contributed by atoms with Crippen molar-refractivity contribution in [2.75, 3.05) is 5.75 Å². The van der Waals surface area contributed by atoms with E-state index in [1.54, 1.807) is 0 Å². The monoisotopic (exact) mass is 300 g/mol. The molecule has 0 fully saturated rings. The van der Waals surface area contributed by atoms with Crippen LogP contribution in [-0.2, 0) is 9.59 Å². The SMILES string of the molecule is CC(=O)NC(CSN=Nc1nc[nH]c1C(N)=O)C(=O)O. The highest BCUT2D eigenvalue weighted by Gasteiger charge is 2.18. The van der Waals surface area contributed by atoms with Gasteiger partial charge in [0.2, 0.25) is 11.7 Å². The average molecular weight is 300 g/mol. The molecule has 108 valence electrons. The number of rotatable bonds is 7. The van der Waals surface area contributed by atoms with Gasteiger partial charge in [0.05, 0.1) is 6.33 Å². The number of carboxylic acid groups (broad SMARTS) is 1. The van der Waals surface area contributed by atoms with E-state index in [4.69, 9.17) is 10.8 Å². The number of aromatic amines is 1. The molecule has 0 saturated carbocycles. The third kappa shape index (κ3) is 4.68. The molecule has 1 aromatic heterocycles. The van der Waals surface area contributed by atoms with Crippen LogP contribution in [0, 0.1) is 0 Å². The zero-order valence-electron chi connectivity index (χ0n) is 10.4. The van der Waals surface area contributed by atoms with E-state index in [9.17, 15) is 14.4 Å². The smallest absolute Gasteiger partial charge is 0.327 e. The number of nitrogens with one attached hydrogen (secondary N) is 2. The first-order valence-electron chi connectivity index (χ1n) is 5.28. The molecule has 0 aliphatic heterocycles.